The van der Waals surface area contributed by atoms with Crippen molar-refractivity contribution in [3.63, 3.8) is 0 Å². The lowest BCUT2D eigenvalue weighted by Gasteiger charge is -2.25. The van der Waals surface area contributed by atoms with Crippen LogP contribution in [0.3, 0.4) is 0 Å². The van der Waals surface area contributed by atoms with E-state index in [0.717, 1.165) is 0 Å². The fraction of sp³-hybridized carbons (Fsp3) is 0.238. The molecule has 1 atom stereocenters. The maximum atomic E-state index is 12.7. The van der Waals surface area contributed by atoms with Crippen molar-refractivity contribution in [1.29, 1.82) is 15.9 Å². The quantitative estimate of drug-likeness (QED) is 0.252. The lowest BCUT2D eigenvalue weighted by molar-refractivity contribution is -0.110. The van der Waals surface area contributed by atoms with E-state index in [9.17, 15) is 10.1 Å². The number of nitrogens with two attached hydrogens (primary N) is 1. The van der Waals surface area contributed by atoms with Crippen LogP contribution in [0.1, 0.15) is 5.69 Å². The first kappa shape index (κ1) is 24.0. The van der Waals surface area contributed by atoms with Crippen LogP contribution in [0.2, 0.25) is 12.6 Å². The van der Waals surface area contributed by atoms with Crippen LogP contribution in [0.5, 0.6) is 0 Å². The molecule has 2 aromatic heterocycles. The highest BCUT2D eigenvalue weighted by atomic mass is 16.5. The van der Waals surface area contributed by atoms with E-state index in [2.05, 4.69) is 36.5 Å². The normalized spacial score (nSPS) is 16.2. The number of nitrogens with one attached hydrogen (secondary N) is 3. The molecule has 1 fully saturated rings. The molecule has 0 aliphatic carbocycles. The molecular formula is C21H21BN10O2. The van der Waals surface area contributed by atoms with Crippen molar-refractivity contribution in [2.24, 2.45) is 10.7 Å². The Morgan fingerprint density at radius 3 is 2.82 bits per heavy atom. The molecule has 0 bridgehead atoms. The van der Waals surface area contributed by atoms with E-state index in [0.29, 0.717) is 24.9 Å². The van der Waals surface area contributed by atoms with Crippen molar-refractivity contribution in [3.05, 3.63) is 54.4 Å². The number of nitriles is 2. The fourth-order valence-corrected chi connectivity index (χ4v) is 3.08. The minimum atomic E-state index is -0.671. The molecule has 1 amide bonds. The molecule has 0 saturated carbocycles. The molecule has 0 spiro atoms. The summed E-state index contributed by atoms with van der Waals surface area (Å²) in [6.07, 6.45) is 7.85. The Labute approximate surface area is 196 Å². The number of aliphatic imine (C=N–C) groups is 1. The maximum absolute atomic E-state index is 12.7. The second-order valence-electron chi connectivity index (χ2n) is 7.26. The number of ether oxygens (including phenoxy) is 1. The molecule has 1 aliphatic heterocycles. The van der Waals surface area contributed by atoms with E-state index in [-0.39, 0.29) is 48.1 Å². The van der Waals surface area contributed by atoms with Gasteiger partial charge in [0.05, 0.1) is 24.2 Å². The van der Waals surface area contributed by atoms with Gasteiger partial charge in [-0.3, -0.25) is 15.2 Å². The monoisotopic (exact) mass is 456 g/mol. The van der Waals surface area contributed by atoms with Crippen molar-refractivity contribution in [2.45, 2.75) is 18.7 Å². The highest BCUT2D eigenvalue weighted by Crippen LogP contribution is 2.14. The Morgan fingerprint density at radius 1 is 1.35 bits per heavy atom. The van der Waals surface area contributed by atoms with Crippen LogP contribution in [0.25, 0.3) is 0 Å². The van der Waals surface area contributed by atoms with Gasteiger partial charge in [-0.1, -0.05) is 0 Å². The number of hydrogen-bond donors (Lipinski definition) is 4. The standard InChI is InChI=1S/C21H21BN10O2/c23-9-15-10-30-19(12-28-15)32-18(25)7-17(29-11-16-8-22(13-24)3-6-34-16)20(26)21(33)31-14-1-4-27-5-2-14/h1-2,4-5,7,10,12,16,26,29H,3,6,8,11H2,(H2,25,30,32)(H,27,31,33)/b17-7+,26-20?. The van der Waals surface area contributed by atoms with Gasteiger partial charge in [0.1, 0.15) is 17.6 Å². The molecule has 0 radical (unpaired) electrons. The van der Waals surface area contributed by atoms with E-state index in [4.69, 9.17) is 21.1 Å². The molecular weight excluding hydrogens is 435 g/mol. The Balaban J connectivity index is 1.78. The first-order valence-electron chi connectivity index (χ1n) is 10.3. The third kappa shape index (κ3) is 6.95. The summed E-state index contributed by atoms with van der Waals surface area (Å²) in [5.74, 6) is 1.70. The van der Waals surface area contributed by atoms with E-state index in [1.807, 2.05) is 6.07 Å². The molecule has 2 aromatic rings. The first-order valence-corrected chi connectivity index (χ1v) is 10.3. The SMILES string of the molecule is N#CB1CCOC(CN/C(=C/C(N)=Nc2cnc(C#N)cn2)C(=N)C(=O)Nc2ccncc2)C1. The molecule has 12 nitrogen and oxygen atoms in total. The molecule has 3 rings (SSSR count). The van der Waals surface area contributed by atoms with Crippen LogP contribution in [-0.2, 0) is 9.53 Å². The van der Waals surface area contributed by atoms with Gasteiger partial charge in [0.25, 0.3) is 12.6 Å². The topological polar surface area (TPSA) is 199 Å². The predicted octanol–water partition coefficient (Wildman–Crippen LogP) is 0.820. The van der Waals surface area contributed by atoms with Gasteiger partial charge in [0.15, 0.2) is 11.5 Å². The van der Waals surface area contributed by atoms with Gasteiger partial charge in [-0.15, -0.1) is 0 Å². The third-order valence-corrected chi connectivity index (χ3v) is 4.79. The Kier molecular flexibility index (Phi) is 8.38. The molecule has 34 heavy (non-hydrogen) atoms. The summed E-state index contributed by atoms with van der Waals surface area (Å²) in [5.41, 5.74) is 6.35. The fourth-order valence-electron chi connectivity index (χ4n) is 3.08. The number of hydrogen-bond acceptors (Lipinski definition) is 10. The zero-order valence-corrected chi connectivity index (χ0v) is 18.1. The first-order chi connectivity index (χ1) is 16.5. The summed E-state index contributed by atoms with van der Waals surface area (Å²) >= 11 is 0. The van der Waals surface area contributed by atoms with Gasteiger partial charge in [-0.2, -0.15) is 5.26 Å². The molecule has 1 saturated heterocycles. The summed E-state index contributed by atoms with van der Waals surface area (Å²) < 4.78 is 5.69. The van der Waals surface area contributed by atoms with E-state index >= 15 is 0 Å². The van der Waals surface area contributed by atoms with Crippen LogP contribution < -0.4 is 16.4 Å². The van der Waals surface area contributed by atoms with Crippen molar-refractivity contribution in [1.82, 2.24) is 20.3 Å². The van der Waals surface area contributed by atoms with Crippen molar-refractivity contribution in [3.8, 4) is 12.0 Å². The molecule has 13 heteroatoms. The number of aromatic nitrogens is 3. The smallest absolute Gasteiger partial charge is 0.275 e. The minimum absolute atomic E-state index is 0.0394. The highest BCUT2D eigenvalue weighted by Gasteiger charge is 2.26. The number of carbonyl (C=O) groups excluding carboxylic acids is 1. The number of rotatable bonds is 8. The van der Waals surface area contributed by atoms with Gasteiger partial charge in [0, 0.05) is 43.3 Å². The van der Waals surface area contributed by atoms with E-state index in [1.54, 1.807) is 12.1 Å². The molecule has 0 aromatic carbocycles. The van der Waals surface area contributed by atoms with Gasteiger partial charge in [-0.25, -0.2) is 20.2 Å². The largest absolute Gasteiger partial charge is 0.384 e. The average molecular weight is 456 g/mol. The van der Waals surface area contributed by atoms with Gasteiger partial charge in [0.2, 0.25) is 0 Å². The van der Waals surface area contributed by atoms with Crippen molar-refractivity contribution >= 4 is 35.7 Å². The molecule has 5 N–H and O–H groups in total. The second-order valence-corrected chi connectivity index (χ2v) is 7.26. The maximum Gasteiger partial charge on any atom is 0.275 e. The van der Waals surface area contributed by atoms with E-state index < -0.39 is 5.91 Å². The molecule has 1 unspecified atom stereocenters. The predicted molar refractivity (Wildman–Crippen MR) is 125 cm³/mol. The number of nitrogens with zero attached hydrogens (tertiary/aromatic N) is 6. The van der Waals surface area contributed by atoms with Crippen LogP contribution in [0.15, 0.2) is 53.7 Å². The number of anilines is 1. The summed E-state index contributed by atoms with van der Waals surface area (Å²) in [4.78, 5) is 28.5. The summed E-state index contributed by atoms with van der Waals surface area (Å²) in [5, 5.41) is 32.1. The molecule has 3 heterocycles. The van der Waals surface area contributed by atoms with Crippen LogP contribution in [0, 0.1) is 28.0 Å². The van der Waals surface area contributed by atoms with Crippen LogP contribution in [-0.4, -0.2) is 58.4 Å². The second kappa shape index (κ2) is 11.8. The highest BCUT2D eigenvalue weighted by molar-refractivity contribution is 6.67. The third-order valence-electron chi connectivity index (χ3n) is 4.79. The summed E-state index contributed by atoms with van der Waals surface area (Å²) in [6, 6.07) is 5.05. The van der Waals surface area contributed by atoms with Gasteiger partial charge >= 0.3 is 0 Å². The number of pyridine rings is 1. The summed E-state index contributed by atoms with van der Waals surface area (Å²) in [7, 11) is 0. The van der Waals surface area contributed by atoms with Gasteiger partial charge in [-0.05, 0) is 24.8 Å². The molecule has 1 aliphatic rings. The number of amidine groups is 1. The lowest BCUT2D eigenvalue weighted by Crippen LogP contribution is -2.40. The Hall–Kier alpha value is -4.62. The lowest BCUT2D eigenvalue weighted by atomic mass is 9.45. The van der Waals surface area contributed by atoms with Crippen LogP contribution in [0.4, 0.5) is 11.5 Å². The van der Waals surface area contributed by atoms with Crippen molar-refractivity contribution < 1.29 is 9.53 Å². The van der Waals surface area contributed by atoms with E-state index in [1.165, 1.54) is 30.9 Å². The molecule has 170 valence electrons. The minimum Gasteiger partial charge on any atom is -0.384 e. The van der Waals surface area contributed by atoms with Crippen LogP contribution >= 0.6 is 0 Å². The Morgan fingerprint density at radius 2 is 2.15 bits per heavy atom. The zero-order chi connectivity index (χ0) is 24.3. The van der Waals surface area contributed by atoms with Crippen molar-refractivity contribution in [2.75, 3.05) is 18.5 Å². The average Bonchev–Trinajstić information content (AvgIpc) is 2.87. The Bertz CT molecular complexity index is 1170. The van der Waals surface area contributed by atoms with Gasteiger partial charge < -0.3 is 21.1 Å². The summed E-state index contributed by atoms with van der Waals surface area (Å²) in [6.45, 7) is 0.618. The zero-order valence-electron chi connectivity index (χ0n) is 18.1. The number of amides is 1. The number of carbonyl (C=O) groups is 1.